The van der Waals surface area contributed by atoms with E-state index < -0.39 is 0 Å². The molecule has 0 radical (unpaired) electrons. The summed E-state index contributed by atoms with van der Waals surface area (Å²) in [5.41, 5.74) is 1.22. The van der Waals surface area contributed by atoms with E-state index in [1.165, 1.54) is 5.56 Å². The summed E-state index contributed by atoms with van der Waals surface area (Å²) in [7, 11) is 1.60. The van der Waals surface area contributed by atoms with Gasteiger partial charge < -0.3 is 10.1 Å². The number of anilines is 1. The van der Waals surface area contributed by atoms with E-state index in [-0.39, 0.29) is 6.04 Å². The molecule has 1 aromatic heterocycles. The molecule has 2 aromatic rings. The highest BCUT2D eigenvalue weighted by atomic mass is 16.5. The molecule has 1 atom stereocenters. The zero-order valence-corrected chi connectivity index (χ0v) is 10.8. The van der Waals surface area contributed by atoms with Gasteiger partial charge in [0.1, 0.15) is 11.6 Å². The molecule has 1 aromatic carbocycles. The monoisotopic (exact) mass is 243 g/mol. The minimum Gasteiger partial charge on any atom is -0.481 e. The molecule has 0 saturated carbocycles. The van der Waals surface area contributed by atoms with E-state index in [1.54, 1.807) is 13.2 Å². The van der Waals surface area contributed by atoms with E-state index >= 15 is 0 Å². The van der Waals surface area contributed by atoms with Gasteiger partial charge in [-0.25, -0.2) is 4.98 Å². The maximum Gasteiger partial charge on any atom is 0.218 e. The maximum absolute atomic E-state index is 5.13. The smallest absolute Gasteiger partial charge is 0.218 e. The highest BCUT2D eigenvalue weighted by Gasteiger charge is 2.07. The van der Waals surface area contributed by atoms with Crippen molar-refractivity contribution in [3.63, 3.8) is 0 Å². The molecule has 0 aliphatic heterocycles. The van der Waals surface area contributed by atoms with Crippen molar-refractivity contribution >= 4 is 5.82 Å². The lowest BCUT2D eigenvalue weighted by molar-refractivity contribution is 0.396. The van der Waals surface area contributed by atoms with Crippen molar-refractivity contribution in [2.75, 3.05) is 12.4 Å². The SMILES string of the molecule is COc1cc(NC(C)c2ccccc2)nc(C)n1. The van der Waals surface area contributed by atoms with E-state index in [4.69, 9.17) is 4.74 Å². The van der Waals surface area contributed by atoms with Gasteiger partial charge in [0.25, 0.3) is 0 Å². The van der Waals surface area contributed by atoms with Gasteiger partial charge >= 0.3 is 0 Å². The Hall–Kier alpha value is -2.10. The predicted octanol–water partition coefficient (Wildman–Crippen LogP) is 2.97. The Morgan fingerprint density at radius 3 is 2.56 bits per heavy atom. The van der Waals surface area contributed by atoms with Crippen LogP contribution < -0.4 is 10.1 Å². The lowest BCUT2D eigenvalue weighted by atomic mass is 10.1. The van der Waals surface area contributed by atoms with Crippen LogP contribution in [0.25, 0.3) is 0 Å². The maximum atomic E-state index is 5.13. The van der Waals surface area contributed by atoms with Crippen LogP contribution in [0.1, 0.15) is 24.4 Å². The first-order valence-electron chi connectivity index (χ1n) is 5.90. The molecule has 1 heterocycles. The number of aromatic nitrogens is 2. The first-order valence-corrected chi connectivity index (χ1v) is 5.90. The van der Waals surface area contributed by atoms with Crippen LogP contribution in [-0.4, -0.2) is 17.1 Å². The largest absolute Gasteiger partial charge is 0.481 e. The Morgan fingerprint density at radius 2 is 1.89 bits per heavy atom. The molecule has 4 heteroatoms. The molecule has 4 nitrogen and oxygen atoms in total. The number of hydrogen-bond acceptors (Lipinski definition) is 4. The number of hydrogen-bond donors (Lipinski definition) is 1. The van der Waals surface area contributed by atoms with Gasteiger partial charge in [-0.3, -0.25) is 0 Å². The molecule has 0 saturated heterocycles. The van der Waals surface area contributed by atoms with Crippen LogP contribution in [0.15, 0.2) is 36.4 Å². The molecule has 1 unspecified atom stereocenters. The molecule has 0 spiro atoms. The quantitative estimate of drug-likeness (QED) is 0.896. The minimum absolute atomic E-state index is 0.185. The van der Waals surface area contributed by atoms with Gasteiger partial charge in [0, 0.05) is 12.1 Å². The standard InChI is InChI=1S/C14H17N3O/c1-10(12-7-5-4-6-8-12)15-13-9-14(18-3)17-11(2)16-13/h4-10H,1-3H3,(H,15,16,17). The zero-order valence-electron chi connectivity index (χ0n) is 10.8. The van der Waals surface area contributed by atoms with Gasteiger partial charge in [0.15, 0.2) is 0 Å². The van der Waals surface area contributed by atoms with Crippen molar-refractivity contribution in [2.45, 2.75) is 19.9 Å². The zero-order chi connectivity index (χ0) is 13.0. The van der Waals surface area contributed by atoms with Crippen LogP contribution in [0, 0.1) is 6.92 Å². The lowest BCUT2D eigenvalue weighted by Gasteiger charge is -2.15. The van der Waals surface area contributed by atoms with Crippen LogP contribution in [0.5, 0.6) is 5.88 Å². The molecule has 94 valence electrons. The van der Waals surface area contributed by atoms with E-state index in [9.17, 15) is 0 Å². The van der Waals surface area contributed by atoms with Gasteiger partial charge in [0.05, 0.1) is 7.11 Å². The van der Waals surface area contributed by atoms with Gasteiger partial charge in [-0.1, -0.05) is 30.3 Å². The average Bonchev–Trinajstić information content (AvgIpc) is 2.39. The second-order valence-corrected chi connectivity index (χ2v) is 4.12. The molecular weight excluding hydrogens is 226 g/mol. The second kappa shape index (κ2) is 5.49. The number of nitrogens with one attached hydrogen (secondary N) is 1. The molecule has 18 heavy (non-hydrogen) atoms. The normalized spacial score (nSPS) is 11.9. The lowest BCUT2D eigenvalue weighted by Crippen LogP contribution is -2.09. The van der Waals surface area contributed by atoms with E-state index in [0.717, 1.165) is 5.82 Å². The minimum atomic E-state index is 0.185. The molecule has 0 bridgehead atoms. The summed E-state index contributed by atoms with van der Waals surface area (Å²) < 4.78 is 5.13. The Bertz CT molecular complexity index is 514. The Labute approximate surface area is 107 Å². The fourth-order valence-electron chi connectivity index (χ4n) is 1.77. The number of nitrogens with zero attached hydrogens (tertiary/aromatic N) is 2. The van der Waals surface area contributed by atoms with Crippen LogP contribution in [0.2, 0.25) is 0 Å². The first-order chi connectivity index (χ1) is 8.69. The third-order valence-electron chi connectivity index (χ3n) is 2.69. The second-order valence-electron chi connectivity index (χ2n) is 4.12. The summed E-state index contributed by atoms with van der Waals surface area (Å²) in [5.74, 6) is 2.04. The van der Waals surface area contributed by atoms with Crippen molar-refractivity contribution in [2.24, 2.45) is 0 Å². The van der Waals surface area contributed by atoms with Crippen molar-refractivity contribution in [3.8, 4) is 5.88 Å². The van der Waals surface area contributed by atoms with Crippen molar-refractivity contribution in [3.05, 3.63) is 47.8 Å². The van der Waals surface area contributed by atoms with Gasteiger partial charge in [-0.2, -0.15) is 4.98 Å². The highest BCUT2D eigenvalue weighted by Crippen LogP contribution is 2.19. The summed E-state index contributed by atoms with van der Waals surface area (Å²) in [6.45, 7) is 3.94. The van der Waals surface area contributed by atoms with Crippen molar-refractivity contribution < 1.29 is 4.74 Å². The molecule has 0 amide bonds. The Morgan fingerprint density at radius 1 is 1.17 bits per heavy atom. The van der Waals surface area contributed by atoms with E-state index in [1.807, 2.05) is 25.1 Å². The summed E-state index contributed by atoms with van der Waals surface area (Å²) in [4.78, 5) is 8.50. The summed E-state index contributed by atoms with van der Waals surface area (Å²) in [6, 6.07) is 12.2. The number of rotatable bonds is 4. The molecule has 2 rings (SSSR count). The van der Waals surface area contributed by atoms with Crippen molar-refractivity contribution in [1.82, 2.24) is 9.97 Å². The summed E-state index contributed by atoms with van der Waals surface area (Å²) in [5, 5.41) is 3.34. The van der Waals surface area contributed by atoms with Crippen LogP contribution in [-0.2, 0) is 0 Å². The topological polar surface area (TPSA) is 47.0 Å². The molecule has 1 N–H and O–H groups in total. The van der Waals surface area contributed by atoms with Gasteiger partial charge in [0.2, 0.25) is 5.88 Å². The number of ether oxygens (including phenoxy) is 1. The number of methoxy groups -OCH3 is 1. The number of benzene rings is 1. The van der Waals surface area contributed by atoms with Crippen LogP contribution in [0.4, 0.5) is 5.82 Å². The molecule has 0 fully saturated rings. The number of aryl methyl sites for hydroxylation is 1. The predicted molar refractivity (Wildman–Crippen MR) is 71.8 cm³/mol. The third-order valence-corrected chi connectivity index (χ3v) is 2.69. The summed E-state index contributed by atoms with van der Waals surface area (Å²) in [6.07, 6.45) is 0. The fraction of sp³-hybridized carbons (Fsp3) is 0.286. The molecular formula is C14H17N3O. The van der Waals surface area contributed by atoms with Crippen LogP contribution >= 0.6 is 0 Å². The molecule has 0 aliphatic rings. The highest BCUT2D eigenvalue weighted by molar-refractivity contribution is 5.41. The van der Waals surface area contributed by atoms with Crippen LogP contribution in [0.3, 0.4) is 0 Å². The fourth-order valence-corrected chi connectivity index (χ4v) is 1.77. The van der Waals surface area contributed by atoms with E-state index in [0.29, 0.717) is 11.7 Å². The first kappa shape index (κ1) is 12.4. The van der Waals surface area contributed by atoms with Gasteiger partial charge in [-0.15, -0.1) is 0 Å². The molecule has 0 aliphatic carbocycles. The van der Waals surface area contributed by atoms with Gasteiger partial charge in [-0.05, 0) is 19.4 Å². The Balaban J connectivity index is 2.16. The van der Waals surface area contributed by atoms with Crippen molar-refractivity contribution in [1.29, 1.82) is 0 Å². The Kier molecular flexibility index (Phi) is 3.77. The third kappa shape index (κ3) is 2.97. The average molecular weight is 243 g/mol. The summed E-state index contributed by atoms with van der Waals surface area (Å²) >= 11 is 0. The van der Waals surface area contributed by atoms with E-state index in [2.05, 4.69) is 34.3 Å².